The lowest BCUT2D eigenvalue weighted by Gasteiger charge is -2.37. The summed E-state index contributed by atoms with van der Waals surface area (Å²) < 4.78 is 0. The molecule has 0 heterocycles. The van der Waals surface area contributed by atoms with Crippen LogP contribution < -0.4 is 11.1 Å². The zero-order valence-electron chi connectivity index (χ0n) is 9.09. The molecule has 0 atom stereocenters. The van der Waals surface area contributed by atoms with E-state index in [0.29, 0.717) is 0 Å². The molecule has 0 aromatic heterocycles. The topological polar surface area (TPSA) is 75.4 Å². The van der Waals surface area contributed by atoms with Crippen molar-refractivity contribution in [3.05, 3.63) is 0 Å². The molecule has 2 aliphatic rings. The van der Waals surface area contributed by atoms with Gasteiger partial charge in [-0.3, -0.25) is 4.79 Å². The highest BCUT2D eigenvalue weighted by Crippen LogP contribution is 2.34. The second kappa shape index (κ2) is 3.76. The Balaban J connectivity index is 1.97. The van der Waals surface area contributed by atoms with Crippen molar-refractivity contribution >= 4 is 5.91 Å². The van der Waals surface area contributed by atoms with Gasteiger partial charge in [-0.05, 0) is 25.7 Å². The molecule has 0 aromatic carbocycles. The number of carbonyl (C=O) groups is 1. The third-order valence-corrected chi connectivity index (χ3v) is 3.73. The van der Waals surface area contributed by atoms with E-state index in [-0.39, 0.29) is 18.1 Å². The third kappa shape index (κ3) is 2.16. The monoisotopic (exact) mass is 212 g/mol. The first-order chi connectivity index (χ1) is 7.10. The molecule has 86 valence electrons. The Morgan fingerprint density at radius 1 is 1.20 bits per heavy atom. The highest BCUT2D eigenvalue weighted by molar-refractivity contribution is 5.89. The normalized spacial score (nSPS) is 27.1. The lowest BCUT2D eigenvalue weighted by Crippen LogP contribution is -2.57. The summed E-state index contributed by atoms with van der Waals surface area (Å²) in [6.07, 6.45) is 6.68. The lowest BCUT2D eigenvalue weighted by atomic mass is 9.82. The molecule has 4 nitrogen and oxygen atoms in total. The molecule has 0 bridgehead atoms. The smallest absolute Gasteiger partial charge is 0.240 e. The van der Waals surface area contributed by atoms with Gasteiger partial charge in [0.05, 0.1) is 17.7 Å². The Hall–Kier alpha value is -0.610. The van der Waals surface area contributed by atoms with E-state index in [0.717, 1.165) is 38.5 Å². The fourth-order valence-corrected chi connectivity index (χ4v) is 2.28. The van der Waals surface area contributed by atoms with Gasteiger partial charge in [0.15, 0.2) is 0 Å². The molecule has 0 spiro atoms. The standard InChI is InChI=1S/C11H20N2O2/c12-11(6-7-11)9(15)13-10(8-14)4-2-1-3-5-10/h14H,1-8,12H2,(H,13,15). The number of nitrogens with two attached hydrogens (primary N) is 1. The lowest BCUT2D eigenvalue weighted by molar-refractivity contribution is -0.126. The number of amides is 1. The van der Waals surface area contributed by atoms with Crippen molar-refractivity contribution in [2.45, 2.75) is 56.0 Å². The summed E-state index contributed by atoms with van der Waals surface area (Å²) in [5.41, 5.74) is 4.82. The maximum Gasteiger partial charge on any atom is 0.240 e. The van der Waals surface area contributed by atoms with Crippen molar-refractivity contribution in [3.8, 4) is 0 Å². The van der Waals surface area contributed by atoms with Gasteiger partial charge >= 0.3 is 0 Å². The van der Waals surface area contributed by atoms with Gasteiger partial charge in [-0.1, -0.05) is 19.3 Å². The Labute approximate surface area is 90.2 Å². The zero-order valence-corrected chi connectivity index (χ0v) is 9.09. The molecule has 0 unspecified atom stereocenters. The van der Waals surface area contributed by atoms with Gasteiger partial charge in [-0.2, -0.15) is 0 Å². The zero-order chi connectivity index (χ0) is 10.9. The van der Waals surface area contributed by atoms with Crippen LogP contribution in [0, 0.1) is 0 Å². The van der Waals surface area contributed by atoms with E-state index in [1.165, 1.54) is 6.42 Å². The summed E-state index contributed by atoms with van der Waals surface area (Å²) in [6.45, 7) is 0.0365. The van der Waals surface area contributed by atoms with Crippen molar-refractivity contribution in [2.24, 2.45) is 5.73 Å². The van der Waals surface area contributed by atoms with Gasteiger partial charge < -0.3 is 16.2 Å². The van der Waals surface area contributed by atoms with Crippen LogP contribution in [0.3, 0.4) is 0 Å². The molecule has 4 N–H and O–H groups in total. The van der Waals surface area contributed by atoms with Crippen LogP contribution in [0.1, 0.15) is 44.9 Å². The number of carbonyl (C=O) groups excluding carboxylic acids is 1. The first-order valence-electron chi connectivity index (χ1n) is 5.83. The summed E-state index contributed by atoms with van der Waals surface area (Å²) in [7, 11) is 0. The summed E-state index contributed by atoms with van der Waals surface area (Å²) >= 11 is 0. The molecule has 2 aliphatic carbocycles. The predicted octanol–water partition coefficient (Wildman–Crippen LogP) is 0.289. The molecule has 0 radical (unpaired) electrons. The second-order valence-corrected chi connectivity index (χ2v) is 5.11. The molecular weight excluding hydrogens is 192 g/mol. The van der Waals surface area contributed by atoms with Crippen LogP contribution in [-0.4, -0.2) is 28.7 Å². The second-order valence-electron chi connectivity index (χ2n) is 5.11. The van der Waals surface area contributed by atoms with Crippen molar-refractivity contribution in [1.29, 1.82) is 0 Å². The van der Waals surface area contributed by atoms with Crippen LogP contribution in [0.4, 0.5) is 0 Å². The highest BCUT2D eigenvalue weighted by Gasteiger charge is 2.48. The molecule has 0 saturated heterocycles. The van der Waals surface area contributed by atoms with Gasteiger partial charge in [0.25, 0.3) is 0 Å². The average molecular weight is 212 g/mol. The molecule has 2 fully saturated rings. The minimum Gasteiger partial charge on any atom is -0.394 e. The van der Waals surface area contributed by atoms with E-state index >= 15 is 0 Å². The quantitative estimate of drug-likeness (QED) is 0.629. The summed E-state index contributed by atoms with van der Waals surface area (Å²) in [4.78, 5) is 11.8. The van der Waals surface area contributed by atoms with Crippen molar-refractivity contribution in [3.63, 3.8) is 0 Å². The van der Waals surface area contributed by atoms with Crippen LogP contribution in [0.5, 0.6) is 0 Å². The summed E-state index contributed by atoms with van der Waals surface area (Å²) in [5, 5.41) is 12.4. The molecule has 0 aliphatic heterocycles. The Morgan fingerprint density at radius 2 is 1.80 bits per heavy atom. The van der Waals surface area contributed by atoms with Crippen LogP contribution in [0.15, 0.2) is 0 Å². The van der Waals surface area contributed by atoms with Gasteiger partial charge in [0.1, 0.15) is 0 Å². The maximum atomic E-state index is 11.8. The predicted molar refractivity (Wildman–Crippen MR) is 57.2 cm³/mol. The number of nitrogens with one attached hydrogen (secondary N) is 1. The average Bonchev–Trinajstić information content (AvgIpc) is 2.99. The highest BCUT2D eigenvalue weighted by atomic mass is 16.3. The largest absolute Gasteiger partial charge is 0.394 e. The SMILES string of the molecule is NC1(C(=O)NC2(CO)CCCCC2)CC1. The molecule has 4 heteroatoms. The van der Waals surface area contributed by atoms with Gasteiger partial charge in [0, 0.05) is 0 Å². The fourth-order valence-electron chi connectivity index (χ4n) is 2.28. The number of aliphatic hydroxyl groups excluding tert-OH is 1. The Bertz CT molecular complexity index is 255. The van der Waals surface area contributed by atoms with Crippen molar-refractivity contribution in [2.75, 3.05) is 6.61 Å². The summed E-state index contributed by atoms with van der Waals surface area (Å²) in [6, 6.07) is 0. The third-order valence-electron chi connectivity index (χ3n) is 3.73. The Morgan fingerprint density at radius 3 is 2.27 bits per heavy atom. The van der Waals surface area contributed by atoms with Crippen molar-refractivity contribution in [1.82, 2.24) is 5.32 Å². The van der Waals surface area contributed by atoms with E-state index in [2.05, 4.69) is 5.32 Å². The van der Waals surface area contributed by atoms with E-state index in [4.69, 9.17) is 5.73 Å². The molecule has 15 heavy (non-hydrogen) atoms. The van der Waals surface area contributed by atoms with Gasteiger partial charge in [0.2, 0.25) is 5.91 Å². The maximum absolute atomic E-state index is 11.8. The first-order valence-corrected chi connectivity index (χ1v) is 5.83. The molecule has 1 amide bonds. The van der Waals surface area contributed by atoms with Crippen molar-refractivity contribution < 1.29 is 9.90 Å². The minimum absolute atomic E-state index is 0.0365. The van der Waals surface area contributed by atoms with Crippen LogP contribution in [-0.2, 0) is 4.79 Å². The number of rotatable bonds is 3. The van der Waals surface area contributed by atoms with E-state index in [1.807, 2.05) is 0 Å². The molecule has 0 aromatic rings. The van der Waals surface area contributed by atoms with Crippen LogP contribution in [0.25, 0.3) is 0 Å². The number of hydrogen-bond acceptors (Lipinski definition) is 3. The van der Waals surface area contributed by atoms with Gasteiger partial charge in [-0.25, -0.2) is 0 Å². The Kier molecular flexibility index (Phi) is 2.73. The van der Waals surface area contributed by atoms with E-state index in [9.17, 15) is 9.90 Å². The van der Waals surface area contributed by atoms with Gasteiger partial charge in [-0.15, -0.1) is 0 Å². The first kappa shape index (κ1) is 10.9. The fraction of sp³-hybridized carbons (Fsp3) is 0.909. The summed E-state index contributed by atoms with van der Waals surface area (Å²) in [5.74, 6) is -0.0709. The van der Waals surface area contributed by atoms with E-state index < -0.39 is 5.54 Å². The molecular formula is C11H20N2O2. The van der Waals surface area contributed by atoms with E-state index in [1.54, 1.807) is 0 Å². The minimum atomic E-state index is -0.625. The number of aliphatic hydroxyl groups is 1. The van der Waals surface area contributed by atoms with Crippen LogP contribution in [0.2, 0.25) is 0 Å². The molecule has 2 saturated carbocycles. The number of hydrogen-bond donors (Lipinski definition) is 3. The van der Waals surface area contributed by atoms with Crippen LogP contribution >= 0.6 is 0 Å². The molecule has 2 rings (SSSR count).